The number of hydrogen-bond acceptors (Lipinski definition) is 1. The molecule has 0 saturated heterocycles. The second-order valence-electron chi connectivity index (χ2n) is 5.03. The molecule has 2 N–H and O–H groups in total. The Balaban J connectivity index is 2.56. The highest BCUT2D eigenvalue weighted by Gasteiger charge is 2.10. The molecule has 19 heavy (non-hydrogen) atoms. The Morgan fingerprint density at radius 2 is 1.47 bits per heavy atom. The first kappa shape index (κ1) is 13.7. The van der Waals surface area contributed by atoms with Crippen LogP contribution in [0, 0.1) is 0 Å². The van der Waals surface area contributed by atoms with Crippen molar-refractivity contribution in [2.75, 3.05) is 5.73 Å². The first-order valence-electron chi connectivity index (χ1n) is 7.23. The summed E-state index contributed by atoms with van der Waals surface area (Å²) in [4.78, 5) is 0. The number of nitrogens with two attached hydrogens (primary N) is 1. The molecule has 0 aromatic heterocycles. The van der Waals surface area contributed by atoms with Crippen molar-refractivity contribution in [1.29, 1.82) is 0 Å². The van der Waals surface area contributed by atoms with Crippen LogP contribution in [0.15, 0.2) is 42.5 Å². The quantitative estimate of drug-likeness (QED) is 0.758. The predicted molar refractivity (Wildman–Crippen MR) is 84.3 cm³/mol. The summed E-state index contributed by atoms with van der Waals surface area (Å²) in [6.45, 7) is 4.47. The summed E-state index contributed by atoms with van der Waals surface area (Å²) in [5.74, 6) is 0. The van der Waals surface area contributed by atoms with Crippen LogP contribution in [0.25, 0.3) is 11.1 Å². The standard InChI is InChI=1S/C18H23N/c1-3-8-14-10-7-12-16(15(14)9-4-2)17-11-5-6-13-18(17)19/h5-7,10-13H,3-4,8-9,19H2,1-2H3. The van der Waals surface area contributed by atoms with E-state index in [1.165, 1.54) is 35.1 Å². The average molecular weight is 253 g/mol. The van der Waals surface area contributed by atoms with Crippen molar-refractivity contribution < 1.29 is 0 Å². The minimum absolute atomic E-state index is 0.869. The Morgan fingerprint density at radius 3 is 2.16 bits per heavy atom. The smallest absolute Gasteiger partial charge is 0.0393 e. The molecule has 0 radical (unpaired) electrons. The lowest BCUT2D eigenvalue weighted by Gasteiger charge is -2.15. The van der Waals surface area contributed by atoms with Gasteiger partial charge in [0.15, 0.2) is 0 Å². The highest BCUT2D eigenvalue weighted by Crippen LogP contribution is 2.31. The van der Waals surface area contributed by atoms with Gasteiger partial charge in [-0.15, -0.1) is 0 Å². The topological polar surface area (TPSA) is 26.0 Å². The van der Waals surface area contributed by atoms with E-state index in [1.54, 1.807) is 0 Å². The van der Waals surface area contributed by atoms with Crippen molar-refractivity contribution in [3.05, 3.63) is 53.6 Å². The van der Waals surface area contributed by atoms with Gasteiger partial charge >= 0.3 is 0 Å². The number of para-hydroxylation sites is 1. The Hall–Kier alpha value is -1.76. The van der Waals surface area contributed by atoms with E-state index in [0.717, 1.165) is 18.5 Å². The molecule has 0 atom stereocenters. The number of rotatable bonds is 5. The fourth-order valence-electron chi connectivity index (χ4n) is 2.68. The summed E-state index contributed by atoms with van der Waals surface area (Å²) in [7, 11) is 0. The Bertz CT molecular complexity index is 543. The monoisotopic (exact) mass is 253 g/mol. The van der Waals surface area contributed by atoms with Gasteiger partial charge < -0.3 is 5.73 Å². The second kappa shape index (κ2) is 6.42. The molecule has 0 heterocycles. The first-order chi connectivity index (χ1) is 9.27. The summed E-state index contributed by atoms with van der Waals surface area (Å²) in [5, 5.41) is 0. The van der Waals surface area contributed by atoms with Gasteiger partial charge in [-0.3, -0.25) is 0 Å². The number of nitrogen functional groups attached to an aromatic ring is 1. The van der Waals surface area contributed by atoms with Crippen LogP contribution in [0.5, 0.6) is 0 Å². The lowest BCUT2D eigenvalue weighted by molar-refractivity contribution is 0.863. The van der Waals surface area contributed by atoms with Crippen molar-refractivity contribution in [3.63, 3.8) is 0 Å². The fraction of sp³-hybridized carbons (Fsp3) is 0.333. The maximum absolute atomic E-state index is 6.14. The summed E-state index contributed by atoms with van der Waals surface area (Å²) in [6.07, 6.45) is 4.63. The Kier molecular flexibility index (Phi) is 4.62. The van der Waals surface area contributed by atoms with Gasteiger partial charge in [0, 0.05) is 11.3 Å². The summed E-state index contributed by atoms with van der Waals surface area (Å²) in [5.41, 5.74) is 12.4. The van der Waals surface area contributed by atoms with Crippen LogP contribution in [0.3, 0.4) is 0 Å². The van der Waals surface area contributed by atoms with Gasteiger partial charge in [0.25, 0.3) is 0 Å². The van der Waals surface area contributed by atoms with E-state index in [-0.39, 0.29) is 0 Å². The molecular weight excluding hydrogens is 230 g/mol. The lowest BCUT2D eigenvalue weighted by atomic mass is 9.90. The van der Waals surface area contributed by atoms with Crippen LogP contribution >= 0.6 is 0 Å². The molecule has 0 saturated carbocycles. The molecule has 0 fully saturated rings. The first-order valence-corrected chi connectivity index (χ1v) is 7.23. The second-order valence-corrected chi connectivity index (χ2v) is 5.03. The molecule has 0 aliphatic rings. The fourth-order valence-corrected chi connectivity index (χ4v) is 2.68. The van der Waals surface area contributed by atoms with Crippen LogP contribution in [-0.4, -0.2) is 0 Å². The largest absolute Gasteiger partial charge is 0.398 e. The number of hydrogen-bond donors (Lipinski definition) is 1. The van der Waals surface area contributed by atoms with Gasteiger partial charge in [-0.2, -0.15) is 0 Å². The molecule has 2 rings (SSSR count). The van der Waals surface area contributed by atoms with Gasteiger partial charge in [0.1, 0.15) is 0 Å². The average Bonchev–Trinajstić information content (AvgIpc) is 2.42. The van der Waals surface area contributed by atoms with Gasteiger partial charge in [-0.1, -0.05) is 63.1 Å². The van der Waals surface area contributed by atoms with Gasteiger partial charge in [0.05, 0.1) is 0 Å². The van der Waals surface area contributed by atoms with Crippen molar-refractivity contribution >= 4 is 5.69 Å². The van der Waals surface area contributed by atoms with E-state index >= 15 is 0 Å². The molecule has 0 unspecified atom stereocenters. The van der Waals surface area contributed by atoms with Crippen LogP contribution in [0.4, 0.5) is 5.69 Å². The van der Waals surface area contributed by atoms with E-state index in [2.05, 4.69) is 44.2 Å². The highest BCUT2D eigenvalue weighted by atomic mass is 14.6. The number of anilines is 1. The van der Waals surface area contributed by atoms with Crippen LogP contribution in [-0.2, 0) is 12.8 Å². The molecule has 2 aromatic rings. The summed E-state index contributed by atoms with van der Waals surface area (Å²) < 4.78 is 0. The van der Waals surface area contributed by atoms with Crippen molar-refractivity contribution in [2.24, 2.45) is 0 Å². The molecule has 0 bridgehead atoms. The van der Waals surface area contributed by atoms with Gasteiger partial charge in [-0.25, -0.2) is 0 Å². The maximum atomic E-state index is 6.14. The van der Waals surface area contributed by atoms with E-state index in [1.807, 2.05) is 12.1 Å². The Labute approximate surface area is 116 Å². The minimum Gasteiger partial charge on any atom is -0.398 e. The SMILES string of the molecule is CCCc1cccc(-c2ccccc2N)c1CCC. The molecule has 2 aromatic carbocycles. The molecule has 0 amide bonds. The third-order valence-electron chi connectivity index (χ3n) is 3.54. The number of benzene rings is 2. The molecule has 100 valence electrons. The summed E-state index contributed by atoms with van der Waals surface area (Å²) in [6, 6.07) is 14.8. The zero-order valence-corrected chi connectivity index (χ0v) is 11.9. The van der Waals surface area contributed by atoms with Crippen molar-refractivity contribution in [3.8, 4) is 11.1 Å². The third kappa shape index (κ3) is 2.98. The molecule has 0 aliphatic heterocycles. The number of aryl methyl sites for hydroxylation is 1. The molecular formula is C18H23N. The zero-order chi connectivity index (χ0) is 13.7. The maximum Gasteiger partial charge on any atom is 0.0393 e. The zero-order valence-electron chi connectivity index (χ0n) is 11.9. The van der Waals surface area contributed by atoms with Crippen molar-refractivity contribution in [2.45, 2.75) is 39.5 Å². The molecule has 0 aliphatic carbocycles. The van der Waals surface area contributed by atoms with E-state index < -0.39 is 0 Å². The lowest BCUT2D eigenvalue weighted by Crippen LogP contribution is -1.99. The minimum atomic E-state index is 0.869. The van der Waals surface area contributed by atoms with E-state index in [4.69, 9.17) is 5.73 Å². The van der Waals surface area contributed by atoms with Crippen LogP contribution < -0.4 is 5.73 Å². The van der Waals surface area contributed by atoms with Crippen molar-refractivity contribution in [1.82, 2.24) is 0 Å². The molecule has 1 nitrogen and oxygen atoms in total. The van der Waals surface area contributed by atoms with Gasteiger partial charge in [0.2, 0.25) is 0 Å². The van der Waals surface area contributed by atoms with Crippen LogP contribution in [0.2, 0.25) is 0 Å². The normalized spacial score (nSPS) is 10.6. The van der Waals surface area contributed by atoms with Gasteiger partial charge in [-0.05, 0) is 35.6 Å². The third-order valence-corrected chi connectivity index (χ3v) is 3.54. The summed E-state index contributed by atoms with van der Waals surface area (Å²) >= 11 is 0. The Morgan fingerprint density at radius 1 is 0.789 bits per heavy atom. The van der Waals surface area contributed by atoms with E-state index in [9.17, 15) is 0 Å². The van der Waals surface area contributed by atoms with E-state index in [0.29, 0.717) is 0 Å². The molecule has 1 heteroatoms. The predicted octanol–water partition coefficient (Wildman–Crippen LogP) is 4.84. The molecule has 0 spiro atoms. The van der Waals surface area contributed by atoms with Crippen LogP contribution in [0.1, 0.15) is 37.8 Å². The highest BCUT2D eigenvalue weighted by molar-refractivity contribution is 5.79.